The van der Waals surface area contributed by atoms with Crippen LogP contribution in [0, 0.1) is 0 Å². The first-order chi connectivity index (χ1) is 4.70. The third-order valence-electron chi connectivity index (χ3n) is 1.18. The lowest BCUT2D eigenvalue weighted by Crippen LogP contribution is -2.07. The van der Waals surface area contributed by atoms with Crippen LogP contribution < -0.4 is 0 Å². The van der Waals surface area contributed by atoms with E-state index in [1.165, 1.54) is 6.92 Å². The predicted octanol–water partition coefficient (Wildman–Crippen LogP) is 0.213. The SMILES string of the molecule is CC(=O)CCC(=O)C1OO1. The first kappa shape index (κ1) is 7.37. The van der Waals surface area contributed by atoms with Gasteiger partial charge in [0.15, 0.2) is 5.78 Å². The largest absolute Gasteiger partial charge is 0.300 e. The molecule has 0 aromatic heterocycles. The van der Waals surface area contributed by atoms with E-state index < -0.39 is 6.29 Å². The summed E-state index contributed by atoms with van der Waals surface area (Å²) in [6.45, 7) is 1.45. The zero-order valence-electron chi connectivity index (χ0n) is 5.62. The van der Waals surface area contributed by atoms with Crippen molar-refractivity contribution in [2.24, 2.45) is 0 Å². The molecule has 0 unspecified atom stereocenters. The maximum atomic E-state index is 10.7. The zero-order chi connectivity index (χ0) is 7.56. The number of hydrogen-bond donors (Lipinski definition) is 0. The van der Waals surface area contributed by atoms with E-state index in [4.69, 9.17) is 0 Å². The lowest BCUT2D eigenvalue weighted by atomic mass is 10.2. The van der Waals surface area contributed by atoms with Crippen LogP contribution in [0.2, 0.25) is 0 Å². The van der Waals surface area contributed by atoms with Gasteiger partial charge in [-0.25, -0.2) is 0 Å². The number of ketones is 2. The number of rotatable bonds is 4. The van der Waals surface area contributed by atoms with Crippen LogP contribution in [0.3, 0.4) is 0 Å². The minimum absolute atomic E-state index is 0.00833. The predicted molar refractivity (Wildman–Crippen MR) is 30.9 cm³/mol. The van der Waals surface area contributed by atoms with E-state index in [9.17, 15) is 9.59 Å². The van der Waals surface area contributed by atoms with Gasteiger partial charge in [-0.3, -0.25) is 4.79 Å². The van der Waals surface area contributed by atoms with Crippen molar-refractivity contribution in [1.82, 2.24) is 0 Å². The van der Waals surface area contributed by atoms with Gasteiger partial charge >= 0.3 is 0 Å². The Morgan fingerprint density at radius 1 is 1.30 bits per heavy atom. The van der Waals surface area contributed by atoms with Gasteiger partial charge in [0, 0.05) is 12.8 Å². The Balaban J connectivity index is 2.12. The standard InChI is InChI=1S/C6H8O4/c1-4(7)2-3-5(8)6-9-10-6/h6H,2-3H2,1H3. The Kier molecular flexibility index (Phi) is 2.13. The summed E-state index contributed by atoms with van der Waals surface area (Å²) in [6, 6.07) is 0. The van der Waals surface area contributed by atoms with Crippen molar-refractivity contribution >= 4 is 11.6 Å². The molecule has 56 valence electrons. The number of Topliss-reactive ketones (excluding diaryl/α,β-unsaturated/α-hetero) is 2. The molecular weight excluding hydrogens is 136 g/mol. The van der Waals surface area contributed by atoms with Crippen LogP contribution >= 0.6 is 0 Å². The fraction of sp³-hybridized carbons (Fsp3) is 0.667. The van der Waals surface area contributed by atoms with Crippen LogP contribution in [-0.2, 0) is 19.4 Å². The number of carbonyl (C=O) groups is 2. The molecule has 1 fully saturated rings. The van der Waals surface area contributed by atoms with E-state index in [2.05, 4.69) is 9.78 Å². The summed E-state index contributed by atoms with van der Waals surface area (Å²) < 4.78 is 0. The molecule has 0 saturated carbocycles. The summed E-state index contributed by atoms with van der Waals surface area (Å²) in [6.07, 6.45) is -0.179. The van der Waals surface area contributed by atoms with E-state index in [0.717, 1.165) is 0 Å². The summed E-state index contributed by atoms with van der Waals surface area (Å²) >= 11 is 0. The quantitative estimate of drug-likeness (QED) is 0.418. The molecule has 10 heavy (non-hydrogen) atoms. The lowest BCUT2D eigenvalue weighted by Gasteiger charge is -1.88. The highest BCUT2D eigenvalue weighted by molar-refractivity contribution is 5.87. The van der Waals surface area contributed by atoms with Crippen LogP contribution in [-0.4, -0.2) is 17.9 Å². The average Bonchev–Trinajstić information content (AvgIpc) is 2.63. The number of hydrogen-bond acceptors (Lipinski definition) is 4. The molecule has 0 aromatic rings. The van der Waals surface area contributed by atoms with E-state index in [-0.39, 0.29) is 24.4 Å². The van der Waals surface area contributed by atoms with Crippen molar-refractivity contribution in [3.8, 4) is 0 Å². The molecule has 0 atom stereocenters. The van der Waals surface area contributed by atoms with Crippen molar-refractivity contribution in [2.45, 2.75) is 26.1 Å². The maximum Gasteiger partial charge on any atom is 0.281 e. The van der Waals surface area contributed by atoms with E-state index >= 15 is 0 Å². The molecule has 0 amide bonds. The highest BCUT2D eigenvalue weighted by Gasteiger charge is 2.33. The van der Waals surface area contributed by atoms with Gasteiger partial charge in [0.2, 0.25) is 0 Å². The first-order valence-corrected chi connectivity index (χ1v) is 3.04. The Hall–Kier alpha value is -0.740. The molecule has 4 heteroatoms. The number of carbonyl (C=O) groups excluding carboxylic acids is 2. The van der Waals surface area contributed by atoms with E-state index in [1.54, 1.807) is 0 Å². The molecule has 0 aliphatic carbocycles. The van der Waals surface area contributed by atoms with Gasteiger partial charge < -0.3 is 4.79 Å². The molecule has 0 spiro atoms. The Bertz CT molecular complexity index is 159. The lowest BCUT2D eigenvalue weighted by molar-refractivity contribution is -0.124. The Labute approximate surface area is 58.0 Å². The molecule has 1 aliphatic heterocycles. The summed E-state index contributed by atoms with van der Waals surface area (Å²) in [4.78, 5) is 29.5. The summed E-state index contributed by atoms with van der Waals surface area (Å²) in [7, 11) is 0. The van der Waals surface area contributed by atoms with Gasteiger partial charge in [0.05, 0.1) is 0 Å². The topological polar surface area (TPSA) is 59.2 Å². The monoisotopic (exact) mass is 144 g/mol. The molecule has 1 aliphatic rings. The van der Waals surface area contributed by atoms with Crippen molar-refractivity contribution < 1.29 is 19.4 Å². The van der Waals surface area contributed by atoms with Crippen LogP contribution in [0.1, 0.15) is 19.8 Å². The molecule has 1 rings (SSSR count). The molecule has 0 N–H and O–H groups in total. The van der Waals surface area contributed by atoms with Crippen LogP contribution in [0.25, 0.3) is 0 Å². The van der Waals surface area contributed by atoms with Gasteiger partial charge in [-0.15, -0.1) is 0 Å². The summed E-state index contributed by atoms with van der Waals surface area (Å²) in [5, 5.41) is 0. The third-order valence-corrected chi connectivity index (χ3v) is 1.18. The van der Waals surface area contributed by atoms with E-state index in [1.807, 2.05) is 0 Å². The second-order valence-corrected chi connectivity index (χ2v) is 2.19. The van der Waals surface area contributed by atoms with Crippen molar-refractivity contribution in [3.63, 3.8) is 0 Å². The smallest absolute Gasteiger partial charge is 0.281 e. The Morgan fingerprint density at radius 2 is 1.90 bits per heavy atom. The molecule has 0 radical (unpaired) electrons. The van der Waals surface area contributed by atoms with Crippen molar-refractivity contribution in [1.29, 1.82) is 0 Å². The molecule has 4 nitrogen and oxygen atoms in total. The normalized spacial score (nSPS) is 16.9. The van der Waals surface area contributed by atoms with E-state index in [0.29, 0.717) is 0 Å². The van der Waals surface area contributed by atoms with Crippen LogP contribution in [0.5, 0.6) is 0 Å². The minimum Gasteiger partial charge on any atom is -0.300 e. The van der Waals surface area contributed by atoms with Crippen molar-refractivity contribution in [2.75, 3.05) is 0 Å². The van der Waals surface area contributed by atoms with Crippen LogP contribution in [0.15, 0.2) is 0 Å². The van der Waals surface area contributed by atoms with Gasteiger partial charge in [0.1, 0.15) is 5.78 Å². The molecular formula is C6H8O4. The van der Waals surface area contributed by atoms with Gasteiger partial charge in [-0.1, -0.05) is 0 Å². The highest BCUT2D eigenvalue weighted by Crippen LogP contribution is 2.15. The summed E-state index contributed by atoms with van der Waals surface area (Å²) in [5.74, 6) is -0.149. The van der Waals surface area contributed by atoms with Gasteiger partial charge in [-0.2, -0.15) is 9.78 Å². The minimum atomic E-state index is -0.681. The first-order valence-electron chi connectivity index (χ1n) is 3.04. The second-order valence-electron chi connectivity index (χ2n) is 2.19. The Morgan fingerprint density at radius 3 is 2.30 bits per heavy atom. The third kappa shape index (κ3) is 2.24. The summed E-state index contributed by atoms with van der Waals surface area (Å²) in [5.41, 5.74) is 0. The van der Waals surface area contributed by atoms with Gasteiger partial charge in [-0.05, 0) is 6.92 Å². The zero-order valence-corrected chi connectivity index (χ0v) is 5.62. The van der Waals surface area contributed by atoms with Crippen molar-refractivity contribution in [3.05, 3.63) is 0 Å². The molecule has 1 heterocycles. The van der Waals surface area contributed by atoms with Gasteiger partial charge in [0.25, 0.3) is 6.29 Å². The fourth-order valence-electron chi connectivity index (χ4n) is 0.552. The van der Waals surface area contributed by atoms with Crippen LogP contribution in [0.4, 0.5) is 0 Å². The second kappa shape index (κ2) is 2.90. The molecule has 0 aromatic carbocycles. The fourth-order valence-corrected chi connectivity index (χ4v) is 0.552. The maximum absolute atomic E-state index is 10.7. The average molecular weight is 144 g/mol. The molecule has 0 bridgehead atoms. The highest BCUT2D eigenvalue weighted by atomic mass is 17.4. The molecule has 1 saturated heterocycles.